The molecule has 2 aliphatic rings. The number of rotatable bonds is 4. The molecule has 1 atom stereocenters. The molecule has 1 saturated heterocycles. The summed E-state index contributed by atoms with van der Waals surface area (Å²) < 4.78 is 5.29. The molecule has 0 aromatic heterocycles. The van der Waals surface area contributed by atoms with Crippen molar-refractivity contribution in [1.29, 1.82) is 0 Å². The van der Waals surface area contributed by atoms with Crippen molar-refractivity contribution in [2.75, 3.05) is 34.3 Å². The predicted octanol–water partition coefficient (Wildman–Crippen LogP) is 3.45. The van der Waals surface area contributed by atoms with Crippen molar-refractivity contribution in [3.8, 4) is 5.75 Å². The van der Waals surface area contributed by atoms with Crippen molar-refractivity contribution in [1.82, 2.24) is 9.80 Å². The van der Waals surface area contributed by atoms with Gasteiger partial charge in [-0.1, -0.05) is 25.0 Å². The first-order valence-electron chi connectivity index (χ1n) is 9.67. The van der Waals surface area contributed by atoms with Gasteiger partial charge in [0.25, 0.3) is 0 Å². The molecule has 1 aliphatic carbocycles. The highest BCUT2D eigenvalue weighted by Crippen LogP contribution is 2.43. The second-order valence-electron chi connectivity index (χ2n) is 7.86. The Morgan fingerprint density at radius 1 is 1.08 bits per heavy atom. The topological polar surface area (TPSA) is 32.8 Å². The normalized spacial score (nSPS) is 23.5. The van der Waals surface area contributed by atoms with Crippen molar-refractivity contribution in [3.63, 3.8) is 0 Å². The summed E-state index contributed by atoms with van der Waals surface area (Å²) in [6.07, 6.45) is 7.62. The van der Waals surface area contributed by atoms with Crippen LogP contribution in [0.3, 0.4) is 0 Å². The molecule has 138 valence electrons. The van der Waals surface area contributed by atoms with Crippen LogP contribution in [0.5, 0.6) is 5.75 Å². The van der Waals surface area contributed by atoms with E-state index in [1.54, 1.807) is 7.11 Å². The van der Waals surface area contributed by atoms with Gasteiger partial charge in [0.1, 0.15) is 5.75 Å². The van der Waals surface area contributed by atoms with E-state index in [0.717, 1.165) is 57.4 Å². The van der Waals surface area contributed by atoms with Gasteiger partial charge in [0.2, 0.25) is 5.91 Å². The summed E-state index contributed by atoms with van der Waals surface area (Å²) in [6.45, 7) is 1.79. The molecule has 1 amide bonds. The lowest BCUT2D eigenvalue weighted by Gasteiger charge is -2.34. The summed E-state index contributed by atoms with van der Waals surface area (Å²) in [7, 11) is 5.99. The van der Waals surface area contributed by atoms with Crippen molar-refractivity contribution in [2.24, 2.45) is 0 Å². The van der Waals surface area contributed by atoms with E-state index in [-0.39, 0.29) is 5.41 Å². The molecule has 2 fully saturated rings. The Kier molecular flexibility index (Phi) is 5.67. The number of carbonyl (C=O) groups excluding carboxylic acids is 1. The summed E-state index contributed by atoms with van der Waals surface area (Å²) in [5, 5.41) is 0. The molecule has 4 heteroatoms. The van der Waals surface area contributed by atoms with Crippen LogP contribution >= 0.6 is 0 Å². The highest BCUT2D eigenvalue weighted by molar-refractivity contribution is 5.88. The molecule has 1 aromatic rings. The quantitative estimate of drug-likeness (QED) is 0.839. The Hall–Kier alpha value is -1.55. The molecule has 0 spiro atoms. The molecule has 0 bridgehead atoms. The van der Waals surface area contributed by atoms with Crippen LogP contribution in [0.15, 0.2) is 24.3 Å². The van der Waals surface area contributed by atoms with Gasteiger partial charge < -0.3 is 14.5 Å². The average molecular weight is 344 g/mol. The molecular formula is C21H32N2O2. The number of likely N-dealkylation sites (tertiary alicyclic amines) is 1. The number of amides is 1. The molecule has 1 aliphatic heterocycles. The maximum atomic E-state index is 13.6. The number of ether oxygens (including phenoxy) is 1. The number of benzene rings is 1. The minimum Gasteiger partial charge on any atom is -0.497 e. The first kappa shape index (κ1) is 18.2. The molecule has 0 N–H and O–H groups in total. The summed E-state index contributed by atoms with van der Waals surface area (Å²) in [4.78, 5) is 18.0. The third-order valence-electron chi connectivity index (χ3n) is 6.22. The van der Waals surface area contributed by atoms with Gasteiger partial charge in [-0.15, -0.1) is 0 Å². The van der Waals surface area contributed by atoms with Crippen LogP contribution in [0.4, 0.5) is 0 Å². The lowest BCUT2D eigenvalue weighted by Crippen LogP contribution is -2.46. The zero-order valence-corrected chi connectivity index (χ0v) is 16.0. The van der Waals surface area contributed by atoms with Crippen LogP contribution in [0.2, 0.25) is 0 Å². The number of hydrogen-bond acceptors (Lipinski definition) is 3. The summed E-state index contributed by atoms with van der Waals surface area (Å²) >= 11 is 0. The Balaban J connectivity index is 1.81. The zero-order chi connectivity index (χ0) is 17.9. The van der Waals surface area contributed by atoms with Crippen LogP contribution in [-0.2, 0) is 10.2 Å². The van der Waals surface area contributed by atoms with Crippen LogP contribution in [-0.4, -0.2) is 56.0 Å². The van der Waals surface area contributed by atoms with Crippen molar-refractivity contribution in [2.45, 2.75) is 56.4 Å². The highest BCUT2D eigenvalue weighted by atomic mass is 16.5. The number of carbonyl (C=O) groups is 1. The van der Waals surface area contributed by atoms with Gasteiger partial charge in [-0.3, -0.25) is 4.79 Å². The van der Waals surface area contributed by atoms with Gasteiger partial charge >= 0.3 is 0 Å². The van der Waals surface area contributed by atoms with E-state index < -0.39 is 0 Å². The SMILES string of the molecule is COc1ccc(C2(C(=O)N3CCC[C@@H](N(C)C)CC3)CCCC2)cc1. The minimum absolute atomic E-state index is 0.315. The molecule has 0 unspecified atom stereocenters. The Bertz CT molecular complexity index is 576. The monoisotopic (exact) mass is 344 g/mol. The van der Waals surface area contributed by atoms with Gasteiger partial charge in [0.15, 0.2) is 0 Å². The zero-order valence-electron chi connectivity index (χ0n) is 16.0. The van der Waals surface area contributed by atoms with Crippen molar-refractivity contribution >= 4 is 5.91 Å². The molecule has 1 saturated carbocycles. The molecule has 1 aromatic carbocycles. The number of methoxy groups -OCH3 is 1. The predicted molar refractivity (Wildman–Crippen MR) is 101 cm³/mol. The van der Waals surface area contributed by atoms with Crippen molar-refractivity contribution < 1.29 is 9.53 Å². The van der Waals surface area contributed by atoms with Gasteiger partial charge in [-0.25, -0.2) is 0 Å². The Labute approximate surface area is 152 Å². The second kappa shape index (κ2) is 7.77. The van der Waals surface area contributed by atoms with E-state index >= 15 is 0 Å². The third kappa shape index (κ3) is 3.69. The Morgan fingerprint density at radius 3 is 2.36 bits per heavy atom. The summed E-state index contributed by atoms with van der Waals surface area (Å²) in [5.74, 6) is 1.21. The largest absolute Gasteiger partial charge is 0.497 e. The second-order valence-corrected chi connectivity index (χ2v) is 7.86. The van der Waals surface area contributed by atoms with Gasteiger partial charge in [0.05, 0.1) is 12.5 Å². The van der Waals surface area contributed by atoms with E-state index in [9.17, 15) is 4.79 Å². The van der Waals surface area contributed by atoms with Gasteiger partial charge in [-0.05, 0) is 63.9 Å². The Morgan fingerprint density at radius 2 is 1.76 bits per heavy atom. The average Bonchev–Trinajstić information content (AvgIpc) is 2.99. The van der Waals surface area contributed by atoms with Crippen molar-refractivity contribution in [3.05, 3.63) is 29.8 Å². The maximum absolute atomic E-state index is 13.6. The fourth-order valence-electron chi connectivity index (χ4n) is 4.62. The molecule has 1 heterocycles. The van der Waals surface area contributed by atoms with E-state index in [4.69, 9.17) is 4.74 Å². The lowest BCUT2D eigenvalue weighted by atomic mass is 9.77. The molecule has 0 radical (unpaired) electrons. The van der Waals surface area contributed by atoms with Gasteiger partial charge in [-0.2, -0.15) is 0 Å². The fourth-order valence-corrected chi connectivity index (χ4v) is 4.62. The highest BCUT2D eigenvalue weighted by Gasteiger charge is 2.45. The first-order chi connectivity index (χ1) is 12.1. The van der Waals surface area contributed by atoms with E-state index in [0.29, 0.717) is 11.9 Å². The standard InChI is InChI=1S/C21H32N2O2/c1-22(2)18-7-6-15-23(16-12-18)20(24)21(13-4-5-14-21)17-8-10-19(25-3)11-9-17/h8-11,18H,4-7,12-16H2,1-3H3/t18-/m1/s1. The van der Waals surface area contributed by atoms with E-state index in [2.05, 4.69) is 36.0 Å². The molecule has 25 heavy (non-hydrogen) atoms. The minimum atomic E-state index is -0.315. The molecule has 4 nitrogen and oxygen atoms in total. The summed E-state index contributed by atoms with van der Waals surface area (Å²) in [6, 6.07) is 8.78. The van der Waals surface area contributed by atoms with Crippen LogP contribution in [0, 0.1) is 0 Å². The van der Waals surface area contributed by atoms with E-state index in [1.165, 1.54) is 12.0 Å². The first-order valence-corrected chi connectivity index (χ1v) is 9.67. The van der Waals surface area contributed by atoms with Crippen LogP contribution < -0.4 is 4.74 Å². The lowest BCUT2D eigenvalue weighted by molar-refractivity contribution is -0.137. The number of nitrogens with zero attached hydrogens (tertiary/aromatic N) is 2. The maximum Gasteiger partial charge on any atom is 0.233 e. The molecule has 3 rings (SSSR count). The fraction of sp³-hybridized carbons (Fsp3) is 0.667. The van der Waals surface area contributed by atoms with E-state index in [1.807, 2.05) is 12.1 Å². The summed E-state index contributed by atoms with van der Waals surface area (Å²) in [5.41, 5.74) is 0.855. The van der Waals surface area contributed by atoms with Crippen LogP contribution in [0.25, 0.3) is 0 Å². The number of hydrogen-bond donors (Lipinski definition) is 0. The third-order valence-corrected chi connectivity index (χ3v) is 6.22. The van der Waals surface area contributed by atoms with Gasteiger partial charge in [0, 0.05) is 19.1 Å². The smallest absolute Gasteiger partial charge is 0.233 e. The molecular weight excluding hydrogens is 312 g/mol. The van der Waals surface area contributed by atoms with Crippen LogP contribution in [0.1, 0.15) is 50.5 Å².